The fourth-order valence-corrected chi connectivity index (χ4v) is 5.76. The number of sulfonamides is 1. The minimum atomic E-state index is -3.58. The third kappa shape index (κ3) is 8.74. The van der Waals surface area contributed by atoms with Crippen LogP contribution in [0, 0.1) is 5.41 Å². The number of ether oxygens (including phenoxy) is 1. The molecule has 0 aliphatic carbocycles. The van der Waals surface area contributed by atoms with E-state index in [4.69, 9.17) is 16.3 Å². The van der Waals surface area contributed by atoms with Gasteiger partial charge in [0.25, 0.3) is 0 Å². The molecule has 35 heavy (non-hydrogen) atoms. The van der Waals surface area contributed by atoms with E-state index in [2.05, 4.69) is 0 Å². The molecule has 0 unspecified atom stereocenters. The van der Waals surface area contributed by atoms with Gasteiger partial charge in [-0.25, -0.2) is 8.42 Å². The average molecular weight is 530 g/mol. The van der Waals surface area contributed by atoms with Gasteiger partial charge in [0, 0.05) is 49.8 Å². The topological polar surface area (TPSA) is 87.2 Å². The van der Waals surface area contributed by atoms with Gasteiger partial charge in [0.2, 0.25) is 21.8 Å². The van der Waals surface area contributed by atoms with Gasteiger partial charge in [0.05, 0.1) is 18.9 Å². The van der Waals surface area contributed by atoms with E-state index in [9.17, 15) is 18.0 Å². The molecule has 1 aromatic carbocycles. The standard InChI is InChI=1S/C25H40ClN3O5S/c1-6-17-35(32,33)28(15-16-34-5)19-23(30)29(18-20-7-9-21(26)10-8-20)22-11-13-27(14-12-22)24(31)25(2,3)4/h7-10,22H,6,11-19H2,1-5H3. The second-order valence-electron chi connectivity index (χ2n) is 10.1. The molecule has 0 radical (unpaired) electrons. The highest BCUT2D eigenvalue weighted by molar-refractivity contribution is 7.89. The molecule has 2 rings (SSSR count). The highest BCUT2D eigenvalue weighted by Gasteiger charge is 2.35. The van der Waals surface area contributed by atoms with Crippen molar-refractivity contribution in [3.05, 3.63) is 34.9 Å². The van der Waals surface area contributed by atoms with Gasteiger partial charge in [-0.3, -0.25) is 9.59 Å². The summed E-state index contributed by atoms with van der Waals surface area (Å²) >= 11 is 6.04. The van der Waals surface area contributed by atoms with Crippen LogP contribution in [0.3, 0.4) is 0 Å². The third-order valence-corrected chi connectivity index (χ3v) is 8.41. The molecule has 0 aromatic heterocycles. The fraction of sp³-hybridized carbons (Fsp3) is 0.680. The third-order valence-electron chi connectivity index (χ3n) is 6.13. The van der Waals surface area contributed by atoms with E-state index in [0.717, 1.165) is 5.56 Å². The predicted molar refractivity (Wildman–Crippen MR) is 139 cm³/mol. The van der Waals surface area contributed by atoms with Crippen LogP contribution in [-0.2, 0) is 30.9 Å². The van der Waals surface area contributed by atoms with Gasteiger partial charge < -0.3 is 14.5 Å². The number of rotatable bonds is 11. The van der Waals surface area contributed by atoms with Gasteiger partial charge in [-0.1, -0.05) is 51.4 Å². The summed E-state index contributed by atoms with van der Waals surface area (Å²) in [4.78, 5) is 29.9. The summed E-state index contributed by atoms with van der Waals surface area (Å²) in [7, 11) is -2.08. The molecule has 0 saturated carbocycles. The summed E-state index contributed by atoms with van der Waals surface area (Å²) in [6.45, 7) is 9.08. The van der Waals surface area contributed by atoms with Crippen LogP contribution < -0.4 is 0 Å². The summed E-state index contributed by atoms with van der Waals surface area (Å²) < 4.78 is 32.0. The van der Waals surface area contributed by atoms with Gasteiger partial charge in [-0.15, -0.1) is 0 Å². The Morgan fingerprint density at radius 3 is 2.26 bits per heavy atom. The largest absolute Gasteiger partial charge is 0.383 e. The van der Waals surface area contributed by atoms with Crippen LogP contribution in [0.1, 0.15) is 52.5 Å². The van der Waals surface area contributed by atoms with E-state index < -0.39 is 15.4 Å². The lowest BCUT2D eigenvalue weighted by atomic mass is 9.92. The van der Waals surface area contributed by atoms with E-state index in [-0.39, 0.29) is 43.3 Å². The van der Waals surface area contributed by atoms with E-state index in [0.29, 0.717) is 43.9 Å². The van der Waals surface area contributed by atoms with Crippen molar-refractivity contribution in [2.75, 3.05) is 45.6 Å². The first kappa shape index (κ1) is 29.5. The summed E-state index contributed by atoms with van der Waals surface area (Å²) in [5, 5.41) is 0.608. The Balaban J connectivity index is 2.24. The molecule has 2 amide bonds. The van der Waals surface area contributed by atoms with E-state index in [1.54, 1.807) is 24.0 Å². The smallest absolute Gasteiger partial charge is 0.238 e. The van der Waals surface area contributed by atoms with Crippen molar-refractivity contribution in [1.82, 2.24) is 14.1 Å². The lowest BCUT2D eigenvalue weighted by Crippen LogP contribution is -2.52. The maximum Gasteiger partial charge on any atom is 0.238 e. The second-order valence-corrected chi connectivity index (χ2v) is 12.6. The van der Waals surface area contributed by atoms with Crippen molar-refractivity contribution in [1.29, 1.82) is 0 Å². The highest BCUT2D eigenvalue weighted by Crippen LogP contribution is 2.25. The maximum absolute atomic E-state index is 13.6. The van der Waals surface area contributed by atoms with Gasteiger partial charge in [0.1, 0.15) is 0 Å². The van der Waals surface area contributed by atoms with Crippen molar-refractivity contribution >= 4 is 33.4 Å². The predicted octanol–water partition coefficient (Wildman–Crippen LogP) is 3.39. The maximum atomic E-state index is 13.6. The van der Waals surface area contributed by atoms with Crippen LogP contribution in [0.2, 0.25) is 5.02 Å². The minimum absolute atomic E-state index is 0.0194. The SMILES string of the molecule is CCCS(=O)(=O)N(CCOC)CC(=O)N(Cc1ccc(Cl)cc1)C1CCN(C(=O)C(C)(C)C)CC1. The first-order valence-corrected chi connectivity index (χ1v) is 14.2. The van der Waals surface area contributed by atoms with Gasteiger partial charge >= 0.3 is 0 Å². The number of carbonyl (C=O) groups excluding carboxylic acids is 2. The monoisotopic (exact) mass is 529 g/mol. The van der Waals surface area contributed by atoms with Crippen molar-refractivity contribution in [3.63, 3.8) is 0 Å². The Kier molecular flexibility index (Phi) is 11.0. The number of benzene rings is 1. The number of halogens is 1. The summed E-state index contributed by atoms with van der Waals surface area (Å²) in [6, 6.07) is 7.20. The number of piperidine rings is 1. The quantitative estimate of drug-likeness (QED) is 0.438. The van der Waals surface area contributed by atoms with E-state index in [1.165, 1.54) is 11.4 Å². The molecule has 10 heteroatoms. The number of hydrogen-bond acceptors (Lipinski definition) is 5. The molecule has 1 saturated heterocycles. The Labute approximate surface area is 215 Å². The zero-order valence-electron chi connectivity index (χ0n) is 21.6. The van der Waals surface area contributed by atoms with Crippen LogP contribution >= 0.6 is 11.6 Å². The van der Waals surface area contributed by atoms with Crippen LogP contribution in [0.25, 0.3) is 0 Å². The number of carbonyl (C=O) groups is 2. The molecule has 1 heterocycles. The number of likely N-dealkylation sites (tertiary alicyclic amines) is 1. The summed E-state index contributed by atoms with van der Waals surface area (Å²) in [5.74, 6) is -0.173. The van der Waals surface area contributed by atoms with Gasteiger partial charge in [0.15, 0.2) is 0 Å². The first-order chi connectivity index (χ1) is 16.4. The first-order valence-electron chi connectivity index (χ1n) is 12.2. The zero-order chi connectivity index (χ0) is 26.2. The van der Waals surface area contributed by atoms with Crippen molar-refractivity contribution in [3.8, 4) is 0 Å². The molecule has 1 aliphatic heterocycles. The number of nitrogens with zero attached hydrogens (tertiary/aromatic N) is 3. The van der Waals surface area contributed by atoms with Crippen LogP contribution in [0.5, 0.6) is 0 Å². The Morgan fingerprint density at radius 2 is 1.74 bits per heavy atom. The van der Waals surface area contributed by atoms with Crippen molar-refractivity contribution in [2.24, 2.45) is 5.41 Å². The molecule has 1 fully saturated rings. The normalized spacial score (nSPS) is 15.5. The highest BCUT2D eigenvalue weighted by atomic mass is 35.5. The molecule has 0 spiro atoms. The Hall–Kier alpha value is -1.68. The number of amides is 2. The van der Waals surface area contributed by atoms with Crippen LogP contribution in [0.4, 0.5) is 0 Å². The van der Waals surface area contributed by atoms with Crippen molar-refractivity contribution in [2.45, 2.75) is 59.5 Å². The fourth-order valence-electron chi connectivity index (χ4n) is 4.20. The molecule has 0 bridgehead atoms. The second kappa shape index (κ2) is 13.0. The van der Waals surface area contributed by atoms with E-state index in [1.807, 2.05) is 37.8 Å². The number of methoxy groups -OCH3 is 1. The molecule has 0 N–H and O–H groups in total. The molecular weight excluding hydrogens is 490 g/mol. The lowest BCUT2D eigenvalue weighted by Gasteiger charge is -2.41. The Bertz CT molecular complexity index is 939. The van der Waals surface area contributed by atoms with Gasteiger partial charge in [-0.2, -0.15) is 4.31 Å². The lowest BCUT2D eigenvalue weighted by molar-refractivity contribution is -0.142. The molecule has 1 aliphatic rings. The summed E-state index contributed by atoms with van der Waals surface area (Å²) in [5.41, 5.74) is 0.456. The molecule has 8 nitrogen and oxygen atoms in total. The molecule has 0 atom stereocenters. The average Bonchev–Trinajstić information content (AvgIpc) is 2.80. The zero-order valence-corrected chi connectivity index (χ0v) is 23.2. The van der Waals surface area contributed by atoms with E-state index >= 15 is 0 Å². The summed E-state index contributed by atoms with van der Waals surface area (Å²) in [6.07, 6.45) is 1.75. The van der Waals surface area contributed by atoms with Crippen LogP contribution in [0.15, 0.2) is 24.3 Å². The molecule has 198 valence electrons. The van der Waals surface area contributed by atoms with Gasteiger partial charge in [-0.05, 0) is 37.0 Å². The Morgan fingerprint density at radius 1 is 1.14 bits per heavy atom. The van der Waals surface area contributed by atoms with Crippen molar-refractivity contribution < 1.29 is 22.7 Å². The van der Waals surface area contributed by atoms with Crippen LogP contribution in [-0.4, -0.2) is 86.0 Å². The molecule has 1 aromatic rings. The molecular formula is C25H40ClN3O5S. The number of hydrogen-bond donors (Lipinski definition) is 0. The minimum Gasteiger partial charge on any atom is -0.383 e.